The molecule has 0 unspecified atom stereocenters. The van der Waals surface area contributed by atoms with Crippen molar-refractivity contribution in [1.82, 2.24) is 9.97 Å². The van der Waals surface area contributed by atoms with Gasteiger partial charge in [0.15, 0.2) is 0 Å². The van der Waals surface area contributed by atoms with Gasteiger partial charge in [0.1, 0.15) is 12.4 Å². The van der Waals surface area contributed by atoms with E-state index in [4.69, 9.17) is 10.5 Å². The Hall–Kier alpha value is -0.970. The molecule has 5 heteroatoms. The molecule has 0 aliphatic carbocycles. The molecule has 0 bridgehead atoms. The summed E-state index contributed by atoms with van der Waals surface area (Å²) in [6.45, 7) is 4.77. The molecular formula is C9H15N3OS. The molecule has 2 N–H and O–H groups in total. The monoisotopic (exact) mass is 213 g/mol. The lowest BCUT2D eigenvalue weighted by Crippen LogP contribution is -2.24. The second-order valence-electron chi connectivity index (χ2n) is 3.52. The van der Waals surface area contributed by atoms with E-state index in [0.29, 0.717) is 18.4 Å². The predicted molar refractivity (Wildman–Crippen MR) is 59.5 cm³/mol. The van der Waals surface area contributed by atoms with Gasteiger partial charge in [-0.15, -0.1) is 0 Å². The molecule has 0 atom stereocenters. The first-order chi connectivity index (χ1) is 6.53. The summed E-state index contributed by atoms with van der Waals surface area (Å²) >= 11 is 1.74. The lowest BCUT2D eigenvalue weighted by Gasteiger charge is -2.21. The zero-order valence-corrected chi connectivity index (χ0v) is 9.47. The summed E-state index contributed by atoms with van der Waals surface area (Å²) in [6, 6.07) is 1.97. The number of nitrogens with two attached hydrogens (primary N) is 1. The molecule has 0 amide bonds. The normalized spacial score (nSPS) is 11.4. The first-order valence-electron chi connectivity index (χ1n) is 4.30. The molecule has 1 aromatic rings. The smallest absolute Gasteiger partial charge is 0.318 e. The number of aromatic nitrogens is 2. The van der Waals surface area contributed by atoms with Gasteiger partial charge in [-0.2, -0.15) is 16.7 Å². The van der Waals surface area contributed by atoms with E-state index in [1.165, 1.54) is 0 Å². The quantitative estimate of drug-likeness (QED) is 0.822. The third-order valence-corrected chi connectivity index (χ3v) is 2.98. The largest absolute Gasteiger partial charge is 0.462 e. The van der Waals surface area contributed by atoms with Crippen molar-refractivity contribution < 1.29 is 4.74 Å². The number of hydrogen-bond acceptors (Lipinski definition) is 5. The molecule has 4 nitrogen and oxygen atoms in total. The molecule has 14 heavy (non-hydrogen) atoms. The summed E-state index contributed by atoms with van der Waals surface area (Å²) < 4.78 is 5.48. The molecule has 1 rings (SSSR count). The van der Waals surface area contributed by atoms with Crippen LogP contribution in [0.5, 0.6) is 6.01 Å². The minimum Gasteiger partial charge on any atom is -0.462 e. The zero-order chi connectivity index (χ0) is 10.6. The van der Waals surface area contributed by atoms with E-state index in [-0.39, 0.29) is 4.75 Å². The fourth-order valence-corrected chi connectivity index (χ4v) is 0.898. The molecule has 0 spiro atoms. The van der Waals surface area contributed by atoms with Crippen LogP contribution >= 0.6 is 11.8 Å². The first kappa shape index (κ1) is 11.1. The van der Waals surface area contributed by atoms with Crippen LogP contribution in [-0.4, -0.2) is 27.6 Å². The van der Waals surface area contributed by atoms with Crippen molar-refractivity contribution in [3.63, 3.8) is 0 Å². The number of rotatable bonds is 4. The second-order valence-corrected chi connectivity index (χ2v) is 5.03. The van der Waals surface area contributed by atoms with Crippen LogP contribution in [0.3, 0.4) is 0 Å². The fourth-order valence-electron chi connectivity index (χ4n) is 0.721. The van der Waals surface area contributed by atoms with Crippen molar-refractivity contribution in [3.05, 3.63) is 12.3 Å². The molecule has 0 fully saturated rings. The lowest BCUT2D eigenvalue weighted by molar-refractivity contribution is 0.266. The minimum absolute atomic E-state index is 0.0635. The SMILES string of the molecule is CSC(C)(C)COc1nccc(N)n1. The number of ether oxygens (including phenoxy) is 1. The highest BCUT2D eigenvalue weighted by molar-refractivity contribution is 7.99. The Labute approximate surface area is 88.3 Å². The van der Waals surface area contributed by atoms with Crippen molar-refractivity contribution in [1.29, 1.82) is 0 Å². The van der Waals surface area contributed by atoms with E-state index in [1.807, 2.05) is 6.26 Å². The van der Waals surface area contributed by atoms with Gasteiger partial charge in [0.05, 0.1) is 0 Å². The maximum atomic E-state index is 5.49. The van der Waals surface area contributed by atoms with E-state index >= 15 is 0 Å². The summed E-state index contributed by atoms with van der Waals surface area (Å²) in [4.78, 5) is 7.90. The van der Waals surface area contributed by atoms with Crippen LogP contribution in [0.25, 0.3) is 0 Å². The van der Waals surface area contributed by atoms with Gasteiger partial charge in [-0.25, -0.2) is 4.98 Å². The Morgan fingerprint density at radius 2 is 2.29 bits per heavy atom. The fraction of sp³-hybridized carbons (Fsp3) is 0.556. The Morgan fingerprint density at radius 3 is 2.86 bits per heavy atom. The molecule has 0 saturated heterocycles. The average Bonchev–Trinajstić information content (AvgIpc) is 2.15. The minimum atomic E-state index is 0.0635. The molecule has 0 radical (unpaired) electrons. The number of nitrogens with zero attached hydrogens (tertiary/aromatic N) is 2. The zero-order valence-electron chi connectivity index (χ0n) is 8.65. The Morgan fingerprint density at radius 1 is 1.57 bits per heavy atom. The van der Waals surface area contributed by atoms with Crippen LogP contribution in [0, 0.1) is 0 Å². The van der Waals surface area contributed by atoms with Crippen LogP contribution in [0.1, 0.15) is 13.8 Å². The standard InChI is InChI=1S/C9H15N3OS/c1-9(2,14-3)6-13-8-11-5-4-7(10)12-8/h4-5H,6H2,1-3H3,(H2,10,11,12). The van der Waals surface area contributed by atoms with Crippen molar-refractivity contribution >= 4 is 17.6 Å². The Kier molecular flexibility index (Phi) is 3.57. The summed E-state index contributed by atoms with van der Waals surface area (Å²) in [6.07, 6.45) is 3.63. The summed E-state index contributed by atoms with van der Waals surface area (Å²) in [7, 11) is 0. The van der Waals surface area contributed by atoms with Crippen molar-refractivity contribution in [2.45, 2.75) is 18.6 Å². The highest BCUT2D eigenvalue weighted by atomic mass is 32.2. The summed E-state index contributed by atoms with van der Waals surface area (Å²) in [5, 5.41) is 0. The highest BCUT2D eigenvalue weighted by Gasteiger charge is 2.17. The van der Waals surface area contributed by atoms with Gasteiger partial charge in [0.25, 0.3) is 0 Å². The third kappa shape index (κ3) is 3.41. The van der Waals surface area contributed by atoms with Gasteiger partial charge in [0.2, 0.25) is 0 Å². The molecule has 0 saturated carbocycles. The number of hydrogen-bond donors (Lipinski definition) is 1. The first-order valence-corrected chi connectivity index (χ1v) is 5.52. The van der Waals surface area contributed by atoms with E-state index in [9.17, 15) is 0 Å². The van der Waals surface area contributed by atoms with E-state index in [0.717, 1.165) is 0 Å². The summed E-state index contributed by atoms with van der Waals surface area (Å²) in [5.74, 6) is 0.428. The lowest BCUT2D eigenvalue weighted by atomic mass is 10.2. The maximum absolute atomic E-state index is 5.49. The van der Waals surface area contributed by atoms with Gasteiger partial charge in [-0.3, -0.25) is 0 Å². The van der Waals surface area contributed by atoms with Gasteiger partial charge >= 0.3 is 6.01 Å². The van der Waals surface area contributed by atoms with Crippen LogP contribution in [0.15, 0.2) is 12.3 Å². The van der Waals surface area contributed by atoms with E-state index < -0.39 is 0 Å². The van der Waals surface area contributed by atoms with Crippen molar-refractivity contribution in [2.24, 2.45) is 0 Å². The predicted octanol–water partition coefficient (Wildman–Crippen LogP) is 1.58. The molecule has 0 aromatic carbocycles. The molecular weight excluding hydrogens is 198 g/mol. The molecule has 1 heterocycles. The molecule has 1 aromatic heterocycles. The summed E-state index contributed by atoms with van der Waals surface area (Å²) in [5.41, 5.74) is 5.49. The second kappa shape index (κ2) is 4.50. The van der Waals surface area contributed by atoms with E-state index in [2.05, 4.69) is 23.8 Å². The molecule has 0 aliphatic heterocycles. The Bertz CT molecular complexity index is 304. The van der Waals surface area contributed by atoms with Crippen LogP contribution < -0.4 is 10.5 Å². The van der Waals surface area contributed by atoms with Crippen LogP contribution in [0.2, 0.25) is 0 Å². The van der Waals surface area contributed by atoms with Crippen molar-refractivity contribution in [3.8, 4) is 6.01 Å². The van der Waals surface area contributed by atoms with E-state index in [1.54, 1.807) is 24.0 Å². The number of nitrogen functional groups attached to an aromatic ring is 1. The van der Waals surface area contributed by atoms with Gasteiger partial charge in [-0.05, 0) is 26.2 Å². The van der Waals surface area contributed by atoms with Crippen molar-refractivity contribution in [2.75, 3.05) is 18.6 Å². The topological polar surface area (TPSA) is 61.0 Å². The van der Waals surface area contributed by atoms with Gasteiger partial charge in [0, 0.05) is 10.9 Å². The maximum Gasteiger partial charge on any atom is 0.318 e. The third-order valence-electron chi connectivity index (χ3n) is 1.76. The molecule has 0 aliphatic rings. The highest BCUT2D eigenvalue weighted by Crippen LogP contribution is 2.21. The number of anilines is 1. The molecule has 78 valence electrons. The van der Waals surface area contributed by atoms with Gasteiger partial charge in [-0.1, -0.05) is 0 Å². The Balaban J connectivity index is 2.54. The van der Waals surface area contributed by atoms with Crippen LogP contribution in [0.4, 0.5) is 5.82 Å². The van der Waals surface area contributed by atoms with Crippen LogP contribution in [-0.2, 0) is 0 Å². The average molecular weight is 213 g/mol. The number of thioether (sulfide) groups is 1. The van der Waals surface area contributed by atoms with Gasteiger partial charge < -0.3 is 10.5 Å².